The van der Waals surface area contributed by atoms with Crippen LogP contribution in [-0.4, -0.2) is 10.7 Å². The third-order valence-corrected chi connectivity index (χ3v) is 3.08. The van der Waals surface area contributed by atoms with Crippen molar-refractivity contribution in [2.45, 2.75) is 6.92 Å². The molecule has 0 spiro atoms. The van der Waals surface area contributed by atoms with Crippen LogP contribution in [-0.2, 0) is 0 Å². The normalized spacial score (nSPS) is 10.2. The van der Waals surface area contributed by atoms with Gasteiger partial charge in [-0.25, -0.2) is 0 Å². The highest BCUT2D eigenvalue weighted by Gasteiger charge is 2.19. The number of benzene rings is 2. The van der Waals surface area contributed by atoms with Gasteiger partial charge < -0.3 is 0 Å². The molecule has 4 nitrogen and oxygen atoms in total. The average Bonchev–Trinajstić information content (AvgIpc) is 2.41. The van der Waals surface area contributed by atoms with Gasteiger partial charge in [0.05, 0.1) is 9.95 Å². The molecular formula is C14H10ClNO3. The highest BCUT2D eigenvalue weighted by atomic mass is 35.5. The van der Waals surface area contributed by atoms with E-state index in [4.69, 9.17) is 11.6 Å². The fraction of sp³-hybridized carbons (Fsp3) is 0.0714. The summed E-state index contributed by atoms with van der Waals surface area (Å²) in [4.78, 5) is 22.5. The number of nitrogens with zero attached hydrogens (tertiary/aromatic N) is 1. The molecule has 96 valence electrons. The van der Waals surface area contributed by atoms with E-state index < -0.39 is 4.92 Å². The minimum Gasteiger partial charge on any atom is -0.289 e. The van der Waals surface area contributed by atoms with Gasteiger partial charge in [0, 0.05) is 22.8 Å². The second-order valence-corrected chi connectivity index (χ2v) is 4.48. The van der Waals surface area contributed by atoms with Crippen molar-refractivity contribution < 1.29 is 9.72 Å². The molecule has 0 heterocycles. The van der Waals surface area contributed by atoms with Crippen molar-refractivity contribution in [3.8, 4) is 0 Å². The lowest BCUT2D eigenvalue weighted by Crippen LogP contribution is -2.04. The second kappa shape index (κ2) is 5.20. The minimum absolute atomic E-state index is 0.0883. The van der Waals surface area contributed by atoms with Gasteiger partial charge in [-0.2, -0.15) is 0 Å². The molecule has 19 heavy (non-hydrogen) atoms. The maximum atomic E-state index is 12.2. The lowest BCUT2D eigenvalue weighted by Gasteiger charge is -2.05. The van der Waals surface area contributed by atoms with Crippen LogP contribution in [0.2, 0.25) is 5.02 Å². The van der Waals surface area contributed by atoms with E-state index in [9.17, 15) is 14.9 Å². The Morgan fingerprint density at radius 1 is 1.21 bits per heavy atom. The summed E-state index contributed by atoms with van der Waals surface area (Å²) >= 11 is 5.96. The van der Waals surface area contributed by atoms with E-state index in [1.807, 2.05) is 0 Å². The molecule has 0 fully saturated rings. The van der Waals surface area contributed by atoms with Gasteiger partial charge in [0.1, 0.15) is 0 Å². The fourth-order valence-electron chi connectivity index (χ4n) is 1.79. The largest absolute Gasteiger partial charge is 0.289 e. The van der Waals surface area contributed by atoms with E-state index in [0.29, 0.717) is 11.1 Å². The van der Waals surface area contributed by atoms with Crippen LogP contribution in [0, 0.1) is 17.0 Å². The topological polar surface area (TPSA) is 60.2 Å². The summed E-state index contributed by atoms with van der Waals surface area (Å²) in [5.41, 5.74) is 1.09. The summed E-state index contributed by atoms with van der Waals surface area (Å²) in [6.07, 6.45) is 0. The number of ketones is 1. The Labute approximate surface area is 114 Å². The van der Waals surface area contributed by atoms with E-state index in [-0.39, 0.29) is 22.1 Å². The number of hydrogen-bond acceptors (Lipinski definition) is 3. The Hall–Kier alpha value is -2.20. The summed E-state index contributed by atoms with van der Waals surface area (Å²) < 4.78 is 0. The van der Waals surface area contributed by atoms with Crippen molar-refractivity contribution in [1.29, 1.82) is 0 Å². The van der Waals surface area contributed by atoms with Crippen LogP contribution in [0.3, 0.4) is 0 Å². The van der Waals surface area contributed by atoms with Crippen molar-refractivity contribution in [3.05, 3.63) is 74.3 Å². The number of carbonyl (C=O) groups is 1. The molecule has 0 aliphatic rings. The summed E-state index contributed by atoms with van der Waals surface area (Å²) in [7, 11) is 0. The summed E-state index contributed by atoms with van der Waals surface area (Å²) in [5.74, 6) is -0.247. The molecule has 0 saturated heterocycles. The molecular weight excluding hydrogens is 266 g/mol. The number of halogens is 1. The van der Waals surface area contributed by atoms with Crippen LogP contribution in [0.1, 0.15) is 21.5 Å². The molecule has 0 aliphatic heterocycles. The van der Waals surface area contributed by atoms with E-state index in [1.165, 1.54) is 12.1 Å². The first-order valence-corrected chi connectivity index (χ1v) is 5.93. The molecule has 0 aliphatic carbocycles. The van der Waals surface area contributed by atoms with Crippen molar-refractivity contribution in [3.63, 3.8) is 0 Å². The number of hydrogen-bond donors (Lipinski definition) is 0. The second-order valence-electron chi connectivity index (χ2n) is 4.07. The van der Waals surface area contributed by atoms with Gasteiger partial charge in [0.15, 0.2) is 5.78 Å². The SMILES string of the molecule is Cc1cc(C(=O)c2ccccc2)c(Cl)cc1[N+](=O)[O-]. The van der Waals surface area contributed by atoms with Crippen molar-refractivity contribution >= 4 is 23.1 Å². The standard InChI is InChI=1S/C14H10ClNO3/c1-9-7-11(12(15)8-13(9)16(18)19)14(17)10-5-3-2-4-6-10/h2-8H,1H3. The molecule has 0 atom stereocenters. The van der Waals surface area contributed by atoms with E-state index in [2.05, 4.69) is 0 Å². The number of nitro benzene ring substituents is 1. The quantitative estimate of drug-likeness (QED) is 0.486. The Bertz CT molecular complexity index is 653. The molecule has 0 aromatic heterocycles. The molecule has 0 radical (unpaired) electrons. The zero-order valence-electron chi connectivity index (χ0n) is 10.1. The number of aryl methyl sites for hydroxylation is 1. The smallest absolute Gasteiger partial charge is 0.273 e. The zero-order chi connectivity index (χ0) is 14.0. The first-order chi connectivity index (χ1) is 9.00. The molecule has 2 aromatic carbocycles. The van der Waals surface area contributed by atoms with Crippen LogP contribution in [0.5, 0.6) is 0 Å². The van der Waals surface area contributed by atoms with Gasteiger partial charge in [0.2, 0.25) is 0 Å². The summed E-state index contributed by atoms with van der Waals surface area (Å²) in [6, 6.07) is 11.3. The van der Waals surface area contributed by atoms with Crippen LogP contribution >= 0.6 is 11.6 Å². The Morgan fingerprint density at radius 2 is 1.84 bits per heavy atom. The van der Waals surface area contributed by atoms with Gasteiger partial charge in [0.25, 0.3) is 5.69 Å². The van der Waals surface area contributed by atoms with Gasteiger partial charge in [-0.05, 0) is 13.0 Å². The molecule has 2 aromatic rings. The third-order valence-electron chi connectivity index (χ3n) is 2.76. The molecule has 2 rings (SSSR count). The van der Waals surface area contributed by atoms with Gasteiger partial charge in [-0.3, -0.25) is 14.9 Å². The molecule has 5 heteroatoms. The predicted molar refractivity (Wildman–Crippen MR) is 72.7 cm³/mol. The van der Waals surface area contributed by atoms with E-state index >= 15 is 0 Å². The lowest BCUT2D eigenvalue weighted by molar-refractivity contribution is -0.385. The average molecular weight is 276 g/mol. The highest BCUT2D eigenvalue weighted by molar-refractivity contribution is 6.35. The van der Waals surface area contributed by atoms with Crippen molar-refractivity contribution in [2.75, 3.05) is 0 Å². The zero-order valence-corrected chi connectivity index (χ0v) is 10.8. The summed E-state index contributed by atoms with van der Waals surface area (Å²) in [5, 5.41) is 10.9. The lowest BCUT2D eigenvalue weighted by atomic mass is 10.0. The fourth-order valence-corrected chi connectivity index (χ4v) is 2.03. The Balaban J connectivity index is 2.50. The molecule has 0 saturated carbocycles. The highest BCUT2D eigenvalue weighted by Crippen LogP contribution is 2.28. The van der Waals surface area contributed by atoms with E-state index in [0.717, 1.165) is 0 Å². The molecule has 0 bridgehead atoms. The number of carbonyl (C=O) groups excluding carboxylic acids is 1. The van der Waals surface area contributed by atoms with Crippen molar-refractivity contribution in [2.24, 2.45) is 0 Å². The Morgan fingerprint density at radius 3 is 2.42 bits per heavy atom. The first-order valence-electron chi connectivity index (χ1n) is 5.55. The molecule has 0 amide bonds. The van der Waals surface area contributed by atoms with Crippen LogP contribution < -0.4 is 0 Å². The predicted octanol–water partition coefficient (Wildman–Crippen LogP) is 3.79. The van der Waals surface area contributed by atoms with Crippen LogP contribution in [0.25, 0.3) is 0 Å². The first kappa shape index (κ1) is 13.2. The van der Waals surface area contributed by atoms with Crippen LogP contribution in [0.4, 0.5) is 5.69 Å². The molecule has 0 N–H and O–H groups in total. The number of nitro groups is 1. The minimum atomic E-state index is -0.516. The van der Waals surface area contributed by atoms with Gasteiger partial charge in [-0.1, -0.05) is 41.9 Å². The van der Waals surface area contributed by atoms with Crippen LogP contribution in [0.15, 0.2) is 42.5 Å². The summed E-state index contributed by atoms with van der Waals surface area (Å²) in [6.45, 7) is 1.58. The van der Waals surface area contributed by atoms with Gasteiger partial charge >= 0.3 is 0 Å². The Kier molecular flexibility index (Phi) is 3.62. The van der Waals surface area contributed by atoms with Gasteiger partial charge in [-0.15, -0.1) is 0 Å². The maximum absolute atomic E-state index is 12.2. The molecule has 0 unspecified atom stereocenters. The van der Waals surface area contributed by atoms with E-state index in [1.54, 1.807) is 37.3 Å². The monoisotopic (exact) mass is 275 g/mol. The van der Waals surface area contributed by atoms with Crippen molar-refractivity contribution in [1.82, 2.24) is 0 Å². The maximum Gasteiger partial charge on any atom is 0.273 e. The number of rotatable bonds is 3. The third kappa shape index (κ3) is 2.63.